The Kier molecular flexibility index (Phi) is 10.3. The Morgan fingerprint density at radius 3 is 2.56 bits per heavy atom. The summed E-state index contributed by atoms with van der Waals surface area (Å²) in [5.41, 5.74) is 2.42. The van der Waals surface area contributed by atoms with Gasteiger partial charge in [-0.3, -0.25) is 9.69 Å². The fraction of sp³-hybridized carbons (Fsp3) is 0.588. The lowest BCUT2D eigenvalue weighted by atomic mass is 10.1. The fourth-order valence-corrected chi connectivity index (χ4v) is 2.91. The zero-order chi connectivity index (χ0) is 15.9. The molecule has 0 saturated carbocycles. The molecular formula is C17H27Cl2N3O3. The van der Waals surface area contributed by atoms with Gasteiger partial charge in [-0.2, -0.15) is 0 Å². The van der Waals surface area contributed by atoms with Crippen LogP contribution in [0.1, 0.15) is 11.1 Å². The number of rotatable bonds is 5. The van der Waals surface area contributed by atoms with Gasteiger partial charge in [-0.05, 0) is 11.1 Å². The molecule has 2 heterocycles. The molecule has 6 nitrogen and oxygen atoms in total. The van der Waals surface area contributed by atoms with Crippen molar-refractivity contribution in [2.75, 3.05) is 46.0 Å². The largest absolute Gasteiger partial charge is 0.379 e. The van der Waals surface area contributed by atoms with E-state index in [9.17, 15) is 4.79 Å². The van der Waals surface area contributed by atoms with Crippen LogP contribution in [0.5, 0.6) is 0 Å². The molecular weight excluding hydrogens is 365 g/mol. The van der Waals surface area contributed by atoms with E-state index in [1.807, 2.05) is 6.07 Å². The van der Waals surface area contributed by atoms with Gasteiger partial charge in [0.15, 0.2) is 0 Å². The summed E-state index contributed by atoms with van der Waals surface area (Å²) in [4.78, 5) is 14.6. The van der Waals surface area contributed by atoms with Crippen LogP contribution in [0.3, 0.4) is 0 Å². The molecule has 0 radical (unpaired) electrons. The third kappa shape index (κ3) is 6.73. The maximum absolute atomic E-state index is 12.2. The number of amides is 1. The predicted octanol–water partition coefficient (Wildman–Crippen LogP) is 0.967. The summed E-state index contributed by atoms with van der Waals surface area (Å²) < 4.78 is 10.9. The number of halogens is 2. The van der Waals surface area contributed by atoms with Crippen LogP contribution in [0.15, 0.2) is 24.3 Å². The number of benzene rings is 1. The molecule has 0 bridgehead atoms. The lowest BCUT2D eigenvalue weighted by Gasteiger charge is -2.27. The number of carbonyl (C=O) groups is 1. The summed E-state index contributed by atoms with van der Waals surface area (Å²) in [5.74, 6) is -0.0432. The van der Waals surface area contributed by atoms with Crippen LogP contribution < -0.4 is 10.6 Å². The topological polar surface area (TPSA) is 62.8 Å². The highest BCUT2D eigenvalue weighted by Gasteiger charge is 2.21. The van der Waals surface area contributed by atoms with Crippen molar-refractivity contribution in [2.24, 2.45) is 0 Å². The predicted molar refractivity (Wildman–Crippen MR) is 101 cm³/mol. The van der Waals surface area contributed by atoms with Crippen molar-refractivity contribution in [3.63, 3.8) is 0 Å². The van der Waals surface area contributed by atoms with E-state index in [-0.39, 0.29) is 36.8 Å². The zero-order valence-electron chi connectivity index (χ0n) is 14.2. The molecule has 1 amide bonds. The lowest BCUT2D eigenvalue weighted by molar-refractivity contribution is -0.134. The van der Waals surface area contributed by atoms with Gasteiger partial charge in [-0.15, -0.1) is 24.8 Å². The molecule has 2 saturated heterocycles. The maximum Gasteiger partial charge on any atom is 0.250 e. The Morgan fingerprint density at radius 2 is 1.88 bits per heavy atom. The lowest BCUT2D eigenvalue weighted by Crippen LogP contribution is -2.47. The average Bonchev–Trinajstić information content (AvgIpc) is 2.62. The monoisotopic (exact) mass is 391 g/mol. The first-order valence-electron chi connectivity index (χ1n) is 8.30. The van der Waals surface area contributed by atoms with Gasteiger partial charge in [0.2, 0.25) is 0 Å². The number of carbonyl (C=O) groups excluding carboxylic acids is 1. The molecule has 2 N–H and O–H groups in total. The van der Waals surface area contributed by atoms with Crippen molar-refractivity contribution in [2.45, 2.75) is 19.2 Å². The minimum atomic E-state index is -0.379. The second-order valence-electron chi connectivity index (χ2n) is 5.94. The van der Waals surface area contributed by atoms with Gasteiger partial charge < -0.3 is 20.1 Å². The normalized spacial score (nSPS) is 20.9. The molecule has 0 spiro atoms. The molecule has 0 aliphatic carbocycles. The van der Waals surface area contributed by atoms with Gasteiger partial charge in [0, 0.05) is 39.3 Å². The SMILES string of the molecule is Cl.Cl.O=C(NCc1ccccc1CN1CCOCC1)C1CNCCO1. The van der Waals surface area contributed by atoms with Crippen LogP contribution in [0.4, 0.5) is 0 Å². The maximum atomic E-state index is 12.2. The van der Waals surface area contributed by atoms with Crippen molar-refractivity contribution in [3.05, 3.63) is 35.4 Å². The summed E-state index contributed by atoms with van der Waals surface area (Å²) in [6, 6.07) is 8.28. The number of nitrogens with zero attached hydrogens (tertiary/aromatic N) is 1. The Balaban J connectivity index is 0.00000156. The first-order chi connectivity index (χ1) is 11.3. The summed E-state index contributed by atoms with van der Waals surface area (Å²) >= 11 is 0. The van der Waals surface area contributed by atoms with Gasteiger partial charge in [-0.1, -0.05) is 24.3 Å². The van der Waals surface area contributed by atoms with E-state index >= 15 is 0 Å². The molecule has 2 aliphatic heterocycles. The Morgan fingerprint density at radius 1 is 1.16 bits per heavy atom. The summed E-state index contributed by atoms with van der Waals surface area (Å²) in [7, 11) is 0. The van der Waals surface area contributed by atoms with Crippen molar-refractivity contribution in [1.29, 1.82) is 0 Å². The molecule has 0 aromatic heterocycles. The third-order valence-electron chi connectivity index (χ3n) is 4.29. The minimum Gasteiger partial charge on any atom is -0.379 e. The van der Waals surface area contributed by atoms with E-state index in [4.69, 9.17) is 9.47 Å². The Hall–Kier alpha value is -0.890. The molecule has 8 heteroatoms. The molecule has 1 unspecified atom stereocenters. The highest BCUT2D eigenvalue weighted by Crippen LogP contribution is 2.13. The average molecular weight is 392 g/mol. The summed E-state index contributed by atoms with van der Waals surface area (Å²) in [6.07, 6.45) is -0.379. The number of nitrogens with one attached hydrogen (secondary N) is 2. The van der Waals surface area contributed by atoms with E-state index in [2.05, 4.69) is 33.7 Å². The number of hydrogen-bond donors (Lipinski definition) is 2. The van der Waals surface area contributed by atoms with E-state index in [1.54, 1.807) is 0 Å². The molecule has 1 atom stereocenters. The van der Waals surface area contributed by atoms with Crippen LogP contribution in [-0.2, 0) is 27.4 Å². The Bertz CT molecular complexity index is 522. The molecule has 1 aromatic rings. The van der Waals surface area contributed by atoms with Crippen LogP contribution in [-0.4, -0.2) is 62.9 Å². The van der Waals surface area contributed by atoms with Gasteiger partial charge >= 0.3 is 0 Å². The molecule has 25 heavy (non-hydrogen) atoms. The number of ether oxygens (including phenoxy) is 2. The second kappa shape index (κ2) is 11.7. The van der Waals surface area contributed by atoms with E-state index < -0.39 is 0 Å². The highest BCUT2D eigenvalue weighted by atomic mass is 35.5. The first-order valence-corrected chi connectivity index (χ1v) is 8.30. The smallest absolute Gasteiger partial charge is 0.250 e. The van der Waals surface area contributed by atoms with Crippen molar-refractivity contribution < 1.29 is 14.3 Å². The molecule has 1 aromatic carbocycles. The van der Waals surface area contributed by atoms with Crippen LogP contribution in [0.25, 0.3) is 0 Å². The van der Waals surface area contributed by atoms with Crippen LogP contribution >= 0.6 is 24.8 Å². The standard InChI is InChI=1S/C17H25N3O3.2ClH/c21-17(16-12-18-5-8-23-16)19-11-14-3-1-2-4-15(14)13-20-6-9-22-10-7-20;;/h1-4,16,18H,5-13H2,(H,19,21);2*1H. The molecule has 2 aliphatic rings. The second-order valence-corrected chi connectivity index (χ2v) is 5.94. The molecule has 142 valence electrons. The van der Waals surface area contributed by atoms with E-state index in [1.165, 1.54) is 5.56 Å². The Labute approximate surface area is 161 Å². The van der Waals surface area contributed by atoms with Crippen LogP contribution in [0.2, 0.25) is 0 Å². The highest BCUT2D eigenvalue weighted by molar-refractivity contribution is 5.85. The summed E-state index contributed by atoms with van der Waals surface area (Å²) in [5, 5.41) is 6.17. The quantitative estimate of drug-likeness (QED) is 0.782. The third-order valence-corrected chi connectivity index (χ3v) is 4.29. The van der Waals surface area contributed by atoms with Crippen molar-refractivity contribution >= 4 is 30.7 Å². The minimum absolute atomic E-state index is 0. The molecule has 2 fully saturated rings. The fourth-order valence-electron chi connectivity index (χ4n) is 2.91. The van der Waals surface area contributed by atoms with E-state index in [0.29, 0.717) is 19.7 Å². The van der Waals surface area contributed by atoms with Crippen molar-refractivity contribution in [1.82, 2.24) is 15.5 Å². The first kappa shape index (κ1) is 22.2. The van der Waals surface area contributed by atoms with Crippen molar-refractivity contribution in [3.8, 4) is 0 Å². The molecule has 3 rings (SSSR count). The van der Waals surface area contributed by atoms with E-state index in [0.717, 1.165) is 45.0 Å². The van der Waals surface area contributed by atoms with Gasteiger partial charge in [0.25, 0.3) is 5.91 Å². The number of hydrogen-bond acceptors (Lipinski definition) is 5. The summed E-state index contributed by atoms with van der Waals surface area (Å²) in [6.45, 7) is 6.94. The van der Waals surface area contributed by atoms with Gasteiger partial charge in [0.05, 0.1) is 19.8 Å². The zero-order valence-corrected chi connectivity index (χ0v) is 15.9. The number of morpholine rings is 2. The van der Waals surface area contributed by atoms with Gasteiger partial charge in [-0.25, -0.2) is 0 Å². The van der Waals surface area contributed by atoms with Crippen LogP contribution in [0, 0.1) is 0 Å². The van der Waals surface area contributed by atoms with Gasteiger partial charge in [0.1, 0.15) is 6.10 Å².